The van der Waals surface area contributed by atoms with Crippen LogP contribution in [0.2, 0.25) is 5.02 Å². The number of amides is 2. The molecule has 3 aromatic rings. The fourth-order valence-electron chi connectivity index (χ4n) is 2.98. The van der Waals surface area contributed by atoms with Gasteiger partial charge in [0, 0.05) is 12.3 Å². The molecule has 0 saturated carbocycles. The number of benzene rings is 1. The molecule has 3 N–H and O–H groups in total. The molecule has 0 fully saturated rings. The monoisotopic (exact) mass is 597 g/mol. The third-order valence-corrected chi connectivity index (χ3v) is 5.44. The fraction of sp³-hybridized carbons (Fsp3) is 0.158. The lowest BCUT2D eigenvalue weighted by molar-refractivity contribution is -0.286. The summed E-state index contributed by atoms with van der Waals surface area (Å²) in [7, 11) is 0. The van der Waals surface area contributed by atoms with Crippen LogP contribution in [0.3, 0.4) is 0 Å². The second kappa shape index (κ2) is 9.09. The molecule has 1 aromatic carbocycles. The van der Waals surface area contributed by atoms with Crippen molar-refractivity contribution < 1.29 is 45.8 Å². The first kappa shape index (κ1) is 25.4. The number of hydrogen-bond donors (Lipinski definition) is 2. The van der Waals surface area contributed by atoms with E-state index in [1.807, 2.05) is 0 Å². The molecule has 36 heavy (non-hydrogen) atoms. The third kappa shape index (κ3) is 5.13. The zero-order chi connectivity index (χ0) is 26.4. The van der Waals surface area contributed by atoms with Crippen molar-refractivity contribution >= 4 is 45.0 Å². The first-order valence-corrected chi connectivity index (χ1v) is 10.6. The molecule has 0 bridgehead atoms. The summed E-state index contributed by atoms with van der Waals surface area (Å²) < 4.78 is 78.7. The highest BCUT2D eigenvalue weighted by Crippen LogP contribution is 2.50. The zero-order valence-electron chi connectivity index (χ0n) is 17.2. The molecule has 10 nitrogen and oxygen atoms in total. The van der Waals surface area contributed by atoms with Crippen molar-refractivity contribution in [1.29, 1.82) is 0 Å². The van der Waals surface area contributed by atoms with Gasteiger partial charge in [-0.2, -0.15) is 13.2 Å². The highest BCUT2D eigenvalue weighted by Gasteiger charge is 2.46. The Morgan fingerprint density at radius 2 is 2.00 bits per heavy atom. The summed E-state index contributed by atoms with van der Waals surface area (Å²) in [4.78, 5) is 29.1. The number of alkyl halides is 5. The van der Waals surface area contributed by atoms with Crippen LogP contribution >= 0.6 is 27.5 Å². The Morgan fingerprint density at radius 1 is 1.28 bits per heavy atom. The molecular formula is C19H10BrClF5N5O5. The molecule has 0 radical (unpaired) electrons. The van der Waals surface area contributed by atoms with Crippen molar-refractivity contribution in [3.63, 3.8) is 0 Å². The van der Waals surface area contributed by atoms with Gasteiger partial charge in [-0.15, -0.1) is 13.9 Å². The normalized spacial score (nSPS) is 14.0. The van der Waals surface area contributed by atoms with Crippen molar-refractivity contribution in [2.75, 3.05) is 11.9 Å². The van der Waals surface area contributed by atoms with Gasteiger partial charge in [-0.05, 0) is 34.1 Å². The molecule has 3 heterocycles. The van der Waals surface area contributed by atoms with E-state index >= 15 is 0 Å². The number of ether oxygens (including phenoxy) is 3. The number of nitrogens with zero attached hydrogens (tertiary/aromatic N) is 3. The zero-order valence-corrected chi connectivity index (χ0v) is 19.5. The Balaban J connectivity index is 1.76. The Bertz CT molecular complexity index is 1380. The van der Waals surface area contributed by atoms with E-state index in [-0.39, 0.29) is 15.3 Å². The topological polar surface area (TPSA) is 131 Å². The molecule has 0 atom stereocenters. The van der Waals surface area contributed by atoms with Crippen LogP contribution in [-0.2, 0) is 0 Å². The Labute approximate surface area is 210 Å². The number of carbonyl (C=O) groups excluding carboxylic acids is 2. The Hall–Kier alpha value is -3.66. The van der Waals surface area contributed by atoms with Gasteiger partial charge in [-0.25, -0.2) is 9.67 Å². The minimum Gasteiger partial charge on any atom is -0.467 e. The van der Waals surface area contributed by atoms with Gasteiger partial charge >= 0.3 is 12.5 Å². The molecule has 2 aromatic heterocycles. The quantitative estimate of drug-likeness (QED) is 0.405. The molecule has 0 spiro atoms. The first-order chi connectivity index (χ1) is 16.8. The number of pyridine rings is 1. The summed E-state index contributed by atoms with van der Waals surface area (Å²) in [6.45, 7) is -1.71. The fourth-order valence-corrected chi connectivity index (χ4v) is 3.77. The van der Waals surface area contributed by atoms with E-state index < -0.39 is 65.2 Å². The number of aromatic nitrogens is 3. The van der Waals surface area contributed by atoms with Gasteiger partial charge in [0.1, 0.15) is 5.69 Å². The first-order valence-electron chi connectivity index (χ1n) is 9.40. The van der Waals surface area contributed by atoms with Crippen molar-refractivity contribution in [2.24, 2.45) is 5.73 Å². The minimum absolute atomic E-state index is 0.0265. The number of fused-ring (bicyclic) bond motifs is 1. The van der Waals surface area contributed by atoms with Crippen LogP contribution in [-0.4, -0.2) is 45.7 Å². The number of nitrogens with two attached hydrogens (primary N) is 1. The Kier molecular flexibility index (Phi) is 6.42. The van der Waals surface area contributed by atoms with Crippen LogP contribution in [0, 0.1) is 0 Å². The molecular weight excluding hydrogens is 589 g/mol. The van der Waals surface area contributed by atoms with E-state index in [0.717, 1.165) is 16.8 Å². The molecule has 17 heteroatoms. The SMILES string of the molecule is NC(=O)c1cc2c(c(Br)c1NC(=O)c1cc(OCC(F)(F)F)nn1-c1ncccc1Cl)OC(F)(F)O2. The summed E-state index contributed by atoms with van der Waals surface area (Å²) in [5.74, 6) is -4.06. The lowest BCUT2D eigenvalue weighted by atomic mass is 10.1. The second-order valence-electron chi connectivity index (χ2n) is 6.92. The maximum absolute atomic E-state index is 13.6. The summed E-state index contributed by atoms with van der Waals surface area (Å²) in [5, 5.41) is 6.05. The van der Waals surface area contributed by atoms with Crippen LogP contribution < -0.4 is 25.3 Å². The van der Waals surface area contributed by atoms with E-state index in [1.54, 1.807) is 0 Å². The summed E-state index contributed by atoms with van der Waals surface area (Å²) in [6.07, 6.45) is -7.48. The van der Waals surface area contributed by atoms with Gasteiger partial charge in [0.15, 0.2) is 23.9 Å². The number of hydrogen-bond acceptors (Lipinski definition) is 7. The summed E-state index contributed by atoms with van der Waals surface area (Å²) in [5.41, 5.74) is 4.02. The van der Waals surface area contributed by atoms with Gasteiger partial charge in [0.05, 0.1) is 20.7 Å². The van der Waals surface area contributed by atoms with E-state index in [4.69, 9.17) is 17.3 Å². The van der Waals surface area contributed by atoms with Gasteiger partial charge < -0.3 is 25.3 Å². The third-order valence-electron chi connectivity index (χ3n) is 4.38. The molecule has 190 valence electrons. The lowest BCUT2D eigenvalue weighted by Gasteiger charge is -2.13. The number of halogens is 7. The highest BCUT2D eigenvalue weighted by atomic mass is 79.9. The summed E-state index contributed by atoms with van der Waals surface area (Å²) in [6, 6.07) is 4.51. The number of anilines is 1. The van der Waals surface area contributed by atoms with Crippen LogP contribution in [0.25, 0.3) is 5.82 Å². The number of carbonyl (C=O) groups is 2. The smallest absolute Gasteiger partial charge is 0.467 e. The van der Waals surface area contributed by atoms with Crippen LogP contribution in [0.5, 0.6) is 17.4 Å². The average molecular weight is 599 g/mol. The highest BCUT2D eigenvalue weighted by molar-refractivity contribution is 9.10. The van der Waals surface area contributed by atoms with Crippen molar-refractivity contribution in [3.8, 4) is 23.2 Å². The number of rotatable bonds is 6. The number of nitrogens with one attached hydrogen (secondary N) is 1. The van der Waals surface area contributed by atoms with Gasteiger partial charge in [0.2, 0.25) is 5.88 Å². The largest absolute Gasteiger partial charge is 0.586 e. The molecule has 0 unspecified atom stereocenters. The molecule has 0 saturated heterocycles. The maximum atomic E-state index is 13.6. The van der Waals surface area contributed by atoms with Gasteiger partial charge in [-0.1, -0.05) is 11.6 Å². The predicted molar refractivity (Wildman–Crippen MR) is 115 cm³/mol. The van der Waals surface area contributed by atoms with Crippen LogP contribution in [0.4, 0.5) is 27.6 Å². The second-order valence-corrected chi connectivity index (χ2v) is 8.12. The standard InChI is InChI=1S/C19H10BrClF5N5O5/c20-12-13(7(15(27)32)4-10-14(12)36-19(25,26)35-10)29-17(33)9-5-11(34-6-18(22,23)24)30-31(9)16-8(21)2-1-3-28-16/h1-5H,6H2,(H2,27,32)(H,29,33). The summed E-state index contributed by atoms with van der Waals surface area (Å²) >= 11 is 9.06. The van der Waals surface area contributed by atoms with Crippen molar-refractivity contribution in [2.45, 2.75) is 12.5 Å². The van der Waals surface area contributed by atoms with E-state index in [9.17, 15) is 31.5 Å². The maximum Gasteiger partial charge on any atom is 0.586 e. The van der Waals surface area contributed by atoms with Gasteiger partial charge in [0.25, 0.3) is 11.8 Å². The molecule has 0 aliphatic carbocycles. The Morgan fingerprint density at radius 3 is 2.64 bits per heavy atom. The van der Waals surface area contributed by atoms with Crippen LogP contribution in [0.1, 0.15) is 20.8 Å². The van der Waals surface area contributed by atoms with Gasteiger partial charge in [-0.3, -0.25) is 9.59 Å². The van der Waals surface area contributed by atoms with Crippen molar-refractivity contribution in [1.82, 2.24) is 14.8 Å². The number of primary amides is 1. The average Bonchev–Trinajstić information content (AvgIpc) is 3.34. The molecule has 2 amide bonds. The van der Waals surface area contributed by atoms with Crippen LogP contribution in [0.15, 0.2) is 34.9 Å². The molecule has 1 aliphatic rings. The van der Waals surface area contributed by atoms with E-state index in [0.29, 0.717) is 0 Å². The molecule has 4 rings (SSSR count). The van der Waals surface area contributed by atoms with Crippen molar-refractivity contribution in [3.05, 3.63) is 51.2 Å². The molecule has 1 aliphatic heterocycles. The van der Waals surface area contributed by atoms with E-state index in [2.05, 4.69) is 45.5 Å². The minimum atomic E-state index is -4.70. The lowest BCUT2D eigenvalue weighted by Crippen LogP contribution is -2.26. The van der Waals surface area contributed by atoms with E-state index in [1.165, 1.54) is 18.3 Å². The predicted octanol–water partition coefficient (Wildman–Crippen LogP) is 4.30.